The van der Waals surface area contributed by atoms with Crippen molar-refractivity contribution in [3.8, 4) is 0 Å². The predicted octanol–water partition coefficient (Wildman–Crippen LogP) is 3.55. The summed E-state index contributed by atoms with van der Waals surface area (Å²) in [7, 11) is -1.19. The number of hydrogen-bond acceptors (Lipinski definition) is 3. The van der Waals surface area contributed by atoms with Crippen LogP contribution in [0, 0.1) is 5.41 Å². The molecule has 0 radical (unpaired) electrons. The standard InChI is InChI=1S/C19H33N3O2S.HI/c1-7-16-8-10-17(11-9-16)15(2)22-18(20-5)21-14-19(3,4)12-13-25(6,23)24;/h8-11,15H,7,12-14H2,1-6H3,(H2,20,21,22);1H. The third kappa shape index (κ3) is 9.75. The minimum absolute atomic E-state index is 0. The minimum atomic E-state index is -2.94. The molecule has 0 amide bonds. The van der Waals surface area contributed by atoms with E-state index in [-0.39, 0.29) is 41.2 Å². The Morgan fingerprint density at radius 2 is 1.81 bits per heavy atom. The molecule has 26 heavy (non-hydrogen) atoms. The first-order valence-electron chi connectivity index (χ1n) is 8.80. The van der Waals surface area contributed by atoms with Gasteiger partial charge in [-0.05, 0) is 36.3 Å². The Morgan fingerprint density at radius 1 is 1.23 bits per heavy atom. The lowest BCUT2D eigenvalue weighted by molar-refractivity contribution is 0.348. The zero-order chi connectivity index (χ0) is 19.1. The largest absolute Gasteiger partial charge is 0.356 e. The van der Waals surface area contributed by atoms with Gasteiger partial charge >= 0.3 is 0 Å². The zero-order valence-electron chi connectivity index (χ0n) is 16.8. The molecule has 5 nitrogen and oxygen atoms in total. The highest BCUT2D eigenvalue weighted by atomic mass is 127. The Hall–Kier alpha value is -0.830. The first kappa shape index (κ1) is 25.2. The molecule has 1 atom stereocenters. The number of rotatable bonds is 8. The molecule has 0 bridgehead atoms. The number of nitrogens with one attached hydrogen (secondary N) is 2. The second-order valence-corrected chi connectivity index (χ2v) is 9.69. The minimum Gasteiger partial charge on any atom is -0.356 e. The summed E-state index contributed by atoms with van der Waals surface area (Å²) < 4.78 is 22.7. The monoisotopic (exact) mass is 495 g/mol. The molecule has 1 rings (SSSR count). The molecule has 1 aromatic carbocycles. The van der Waals surface area contributed by atoms with Crippen LogP contribution in [0.3, 0.4) is 0 Å². The van der Waals surface area contributed by atoms with Crippen LogP contribution in [0.25, 0.3) is 0 Å². The van der Waals surface area contributed by atoms with Crippen LogP contribution in [0.1, 0.15) is 51.3 Å². The molecule has 0 spiro atoms. The van der Waals surface area contributed by atoms with E-state index in [2.05, 4.69) is 67.6 Å². The highest BCUT2D eigenvalue weighted by molar-refractivity contribution is 14.0. The smallest absolute Gasteiger partial charge is 0.191 e. The molecule has 0 aliphatic rings. The molecule has 0 aliphatic carbocycles. The molecule has 1 unspecified atom stereocenters. The third-order valence-electron chi connectivity index (χ3n) is 4.35. The van der Waals surface area contributed by atoms with Gasteiger partial charge in [-0.2, -0.15) is 0 Å². The lowest BCUT2D eigenvalue weighted by atomic mass is 9.90. The molecule has 0 heterocycles. The van der Waals surface area contributed by atoms with E-state index in [0.717, 1.165) is 12.4 Å². The van der Waals surface area contributed by atoms with E-state index < -0.39 is 9.84 Å². The fraction of sp³-hybridized carbons (Fsp3) is 0.632. The first-order valence-corrected chi connectivity index (χ1v) is 10.9. The number of sulfone groups is 1. The van der Waals surface area contributed by atoms with Crippen LogP contribution >= 0.6 is 24.0 Å². The van der Waals surface area contributed by atoms with E-state index in [0.29, 0.717) is 13.0 Å². The second-order valence-electron chi connectivity index (χ2n) is 7.43. The van der Waals surface area contributed by atoms with Crippen LogP contribution in [-0.4, -0.2) is 40.0 Å². The summed E-state index contributed by atoms with van der Waals surface area (Å²) in [6.07, 6.45) is 2.93. The van der Waals surface area contributed by atoms with Gasteiger partial charge in [0, 0.05) is 19.8 Å². The van der Waals surface area contributed by atoms with E-state index in [1.807, 2.05) is 0 Å². The quantitative estimate of drug-likeness (QED) is 0.329. The second kappa shape index (κ2) is 11.1. The van der Waals surface area contributed by atoms with E-state index in [4.69, 9.17) is 0 Å². The summed E-state index contributed by atoms with van der Waals surface area (Å²) in [4.78, 5) is 4.28. The van der Waals surface area contributed by atoms with Gasteiger partial charge in [0.2, 0.25) is 0 Å². The van der Waals surface area contributed by atoms with Gasteiger partial charge in [-0.15, -0.1) is 24.0 Å². The highest BCUT2D eigenvalue weighted by Gasteiger charge is 2.21. The van der Waals surface area contributed by atoms with Crippen molar-refractivity contribution < 1.29 is 8.42 Å². The average molecular weight is 495 g/mol. The Balaban J connectivity index is 0.00000625. The molecule has 7 heteroatoms. The third-order valence-corrected chi connectivity index (χ3v) is 5.29. The van der Waals surface area contributed by atoms with Crippen molar-refractivity contribution in [1.82, 2.24) is 10.6 Å². The van der Waals surface area contributed by atoms with Gasteiger partial charge in [0.25, 0.3) is 0 Å². The molecular formula is C19H34IN3O2S. The Bertz CT molecular complexity index is 671. The molecule has 0 fully saturated rings. The molecule has 1 aromatic rings. The number of nitrogens with zero attached hydrogens (tertiary/aromatic N) is 1. The molecule has 2 N–H and O–H groups in total. The van der Waals surface area contributed by atoms with E-state index >= 15 is 0 Å². The van der Waals surface area contributed by atoms with Crippen LogP contribution < -0.4 is 10.6 Å². The van der Waals surface area contributed by atoms with Crippen molar-refractivity contribution in [1.29, 1.82) is 0 Å². The van der Waals surface area contributed by atoms with Crippen molar-refractivity contribution in [2.24, 2.45) is 10.4 Å². The molecule has 150 valence electrons. The van der Waals surface area contributed by atoms with Crippen LogP contribution in [0.5, 0.6) is 0 Å². The SMILES string of the molecule is CCc1ccc(C(C)NC(=NC)NCC(C)(C)CCS(C)(=O)=O)cc1.I. The van der Waals surface area contributed by atoms with Crippen molar-refractivity contribution in [2.75, 3.05) is 25.6 Å². The topological polar surface area (TPSA) is 70.6 Å². The Kier molecular flexibility index (Phi) is 10.8. The number of aliphatic imine (C=N–C) groups is 1. The fourth-order valence-corrected chi connectivity index (χ4v) is 3.32. The van der Waals surface area contributed by atoms with Crippen LogP contribution in [0.2, 0.25) is 0 Å². The number of halogens is 1. The zero-order valence-corrected chi connectivity index (χ0v) is 19.9. The molecule has 0 aromatic heterocycles. The molecule has 0 saturated heterocycles. The van der Waals surface area contributed by atoms with E-state index in [9.17, 15) is 8.42 Å². The maximum absolute atomic E-state index is 11.4. The van der Waals surface area contributed by atoms with Gasteiger partial charge in [-0.25, -0.2) is 8.42 Å². The fourth-order valence-electron chi connectivity index (χ4n) is 2.40. The lowest BCUT2D eigenvalue weighted by Gasteiger charge is -2.27. The van der Waals surface area contributed by atoms with E-state index in [1.54, 1.807) is 7.05 Å². The summed E-state index contributed by atoms with van der Waals surface area (Å²) in [5.41, 5.74) is 2.40. The predicted molar refractivity (Wildman–Crippen MR) is 122 cm³/mol. The first-order chi connectivity index (χ1) is 11.6. The lowest BCUT2D eigenvalue weighted by Crippen LogP contribution is -2.43. The van der Waals surface area contributed by atoms with E-state index in [1.165, 1.54) is 17.4 Å². The maximum Gasteiger partial charge on any atom is 0.191 e. The summed E-state index contributed by atoms with van der Waals surface area (Å²) in [5.74, 6) is 0.924. The molecule has 0 saturated carbocycles. The maximum atomic E-state index is 11.4. The normalized spacial score (nSPS) is 13.7. The average Bonchev–Trinajstić information content (AvgIpc) is 2.56. The number of benzene rings is 1. The Labute approximate surface area is 176 Å². The van der Waals surface area contributed by atoms with Crippen molar-refractivity contribution in [3.05, 3.63) is 35.4 Å². The highest BCUT2D eigenvalue weighted by Crippen LogP contribution is 2.20. The van der Waals surface area contributed by atoms with Gasteiger partial charge in [0.15, 0.2) is 5.96 Å². The van der Waals surface area contributed by atoms with Gasteiger partial charge in [-0.3, -0.25) is 4.99 Å². The number of aryl methyl sites for hydroxylation is 1. The van der Waals surface area contributed by atoms with Crippen molar-refractivity contribution >= 4 is 39.8 Å². The summed E-state index contributed by atoms with van der Waals surface area (Å²) in [6, 6.07) is 8.71. The van der Waals surface area contributed by atoms with Gasteiger partial charge in [0.1, 0.15) is 9.84 Å². The van der Waals surface area contributed by atoms with Crippen LogP contribution in [0.15, 0.2) is 29.3 Å². The Morgan fingerprint density at radius 3 is 2.27 bits per heavy atom. The summed E-state index contributed by atoms with van der Waals surface area (Å²) in [6.45, 7) is 9.02. The van der Waals surface area contributed by atoms with Crippen LogP contribution in [0.4, 0.5) is 0 Å². The summed E-state index contributed by atoms with van der Waals surface area (Å²) in [5, 5.41) is 6.70. The van der Waals surface area contributed by atoms with Gasteiger partial charge in [-0.1, -0.05) is 45.0 Å². The van der Waals surface area contributed by atoms with Gasteiger partial charge in [0.05, 0.1) is 11.8 Å². The van der Waals surface area contributed by atoms with Crippen LogP contribution in [-0.2, 0) is 16.3 Å². The number of hydrogen-bond donors (Lipinski definition) is 2. The molecule has 0 aliphatic heterocycles. The summed E-state index contributed by atoms with van der Waals surface area (Å²) >= 11 is 0. The van der Waals surface area contributed by atoms with Gasteiger partial charge < -0.3 is 10.6 Å². The number of guanidine groups is 1. The van der Waals surface area contributed by atoms with Crippen molar-refractivity contribution in [2.45, 2.75) is 46.6 Å². The molecular weight excluding hydrogens is 461 g/mol. The van der Waals surface area contributed by atoms with Crippen molar-refractivity contribution in [3.63, 3.8) is 0 Å².